The van der Waals surface area contributed by atoms with Crippen molar-refractivity contribution in [3.8, 4) is 0 Å². The van der Waals surface area contributed by atoms with E-state index in [1.54, 1.807) is 12.1 Å². The number of urea groups is 1. The van der Waals surface area contributed by atoms with Crippen LogP contribution < -0.4 is 4.90 Å². The van der Waals surface area contributed by atoms with Gasteiger partial charge in [-0.25, -0.2) is 9.18 Å². The monoisotopic (exact) mass is 278 g/mol. The minimum Gasteiger partial charge on any atom is -0.292 e. The van der Waals surface area contributed by atoms with Crippen LogP contribution in [-0.2, 0) is 4.79 Å². The van der Waals surface area contributed by atoms with Crippen LogP contribution in [0.15, 0.2) is 24.3 Å². The number of halogens is 1. The molecule has 0 N–H and O–H groups in total. The minimum atomic E-state index is -0.346. The summed E-state index contributed by atoms with van der Waals surface area (Å²) in [7, 11) is 0. The zero-order valence-electron chi connectivity index (χ0n) is 12.0. The van der Waals surface area contributed by atoms with E-state index in [4.69, 9.17) is 0 Å². The fraction of sp³-hybridized carbons (Fsp3) is 0.467. The highest BCUT2D eigenvalue weighted by molar-refractivity contribution is 6.04. The lowest BCUT2D eigenvalue weighted by Gasteiger charge is -2.22. The van der Waals surface area contributed by atoms with Gasteiger partial charge in [0.2, 0.25) is 5.91 Å². The Labute approximate surface area is 118 Å². The Hall–Kier alpha value is -1.91. The number of nitrogens with zero attached hydrogens (tertiary/aromatic N) is 2. The Bertz CT molecular complexity index is 520. The summed E-state index contributed by atoms with van der Waals surface area (Å²) < 4.78 is 12.9. The molecule has 0 spiro atoms. The fourth-order valence-corrected chi connectivity index (χ4v) is 2.18. The maximum atomic E-state index is 12.9. The third kappa shape index (κ3) is 3.15. The molecule has 2 rings (SSSR count). The zero-order chi connectivity index (χ0) is 14.9. The van der Waals surface area contributed by atoms with Crippen molar-refractivity contribution in [1.82, 2.24) is 4.90 Å². The lowest BCUT2D eigenvalue weighted by atomic mass is 9.92. The third-order valence-corrected chi connectivity index (χ3v) is 3.13. The van der Waals surface area contributed by atoms with Gasteiger partial charge in [-0.05, 0) is 29.7 Å². The van der Waals surface area contributed by atoms with Crippen molar-refractivity contribution < 1.29 is 14.0 Å². The molecule has 1 fully saturated rings. The fourth-order valence-electron chi connectivity index (χ4n) is 2.18. The Balaban J connectivity index is 2.09. The molecule has 1 aliphatic heterocycles. The smallest absolute Gasteiger partial charge is 0.292 e. The van der Waals surface area contributed by atoms with Crippen LogP contribution in [-0.4, -0.2) is 29.9 Å². The van der Waals surface area contributed by atoms with E-state index in [9.17, 15) is 14.0 Å². The summed E-state index contributed by atoms with van der Waals surface area (Å²) in [5, 5.41) is 0. The number of amides is 3. The highest BCUT2D eigenvalue weighted by atomic mass is 19.1. The number of carbonyl (C=O) groups excluding carboxylic acids is 2. The maximum absolute atomic E-state index is 12.9. The van der Waals surface area contributed by atoms with Crippen molar-refractivity contribution in [2.75, 3.05) is 18.0 Å². The van der Waals surface area contributed by atoms with E-state index in [0.717, 1.165) is 0 Å². The molecule has 1 aromatic rings. The van der Waals surface area contributed by atoms with Crippen LogP contribution >= 0.6 is 0 Å². The second kappa shape index (κ2) is 5.23. The molecule has 0 unspecified atom stereocenters. The highest BCUT2D eigenvalue weighted by Gasteiger charge is 2.35. The van der Waals surface area contributed by atoms with E-state index in [1.807, 2.05) is 20.8 Å². The largest absolute Gasteiger partial charge is 0.331 e. The van der Waals surface area contributed by atoms with Crippen molar-refractivity contribution in [3.05, 3.63) is 30.1 Å². The standard InChI is InChI=1S/C15H19FN2O2/c1-15(2,3)10-13(19)18-9-8-17(14(18)20)12-6-4-11(16)5-7-12/h4-7H,8-10H2,1-3H3. The van der Waals surface area contributed by atoms with E-state index >= 15 is 0 Å². The quantitative estimate of drug-likeness (QED) is 0.834. The van der Waals surface area contributed by atoms with Gasteiger partial charge in [0.25, 0.3) is 0 Å². The topological polar surface area (TPSA) is 40.6 Å². The Morgan fingerprint density at radius 3 is 2.35 bits per heavy atom. The van der Waals surface area contributed by atoms with E-state index in [-0.39, 0.29) is 23.2 Å². The Kier molecular flexibility index (Phi) is 3.79. The summed E-state index contributed by atoms with van der Waals surface area (Å²) in [5.41, 5.74) is 0.461. The SMILES string of the molecule is CC(C)(C)CC(=O)N1CCN(c2ccc(F)cc2)C1=O. The molecule has 1 aromatic carbocycles. The lowest BCUT2D eigenvalue weighted by Crippen LogP contribution is -2.37. The first-order chi connectivity index (χ1) is 9.28. The molecule has 1 heterocycles. The summed E-state index contributed by atoms with van der Waals surface area (Å²) in [6, 6.07) is 5.38. The Morgan fingerprint density at radius 2 is 1.80 bits per heavy atom. The average molecular weight is 278 g/mol. The summed E-state index contributed by atoms with van der Waals surface area (Å²) in [4.78, 5) is 27.1. The zero-order valence-corrected chi connectivity index (χ0v) is 12.0. The molecule has 0 saturated carbocycles. The third-order valence-electron chi connectivity index (χ3n) is 3.13. The van der Waals surface area contributed by atoms with Crippen LogP contribution in [0.3, 0.4) is 0 Å². The molecular weight excluding hydrogens is 259 g/mol. The summed E-state index contributed by atoms with van der Waals surface area (Å²) in [5.74, 6) is -0.506. The van der Waals surface area contributed by atoms with Crippen molar-refractivity contribution in [3.63, 3.8) is 0 Å². The van der Waals surface area contributed by atoms with Crippen molar-refractivity contribution in [2.45, 2.75) is 27.2 Å². The Morgan fingerprint density at radius 1 is 1.20 bits per heavy atom. The van der Waals surface area contributed by atoms with Crippen molar-refractivity contribution >= 4 is 17.6 Å². The molecule has 0 bridgehead atoms. The first kappa shape index (κ1) is 14.5. The summed E-state index contributed by atoms with van der Waals surface area (Å²) in [6.45, 7) is 6.71. The number of anilines is 1. The second-order valence-corrected chi connectivity index (χ2v) is 6.19. The summed E-state index contributed by atoms with van der Waals surface area (Å²) in [6.07, 6.45) is 0.329. The number of rotatable bonds is 2. The number of hydrogen-bond acceptors (Lipinski definition) is 2. The predicted molar refractivity (Wildman–Crippen MR) is 74.9 cm³/mol. The normalized spacial score (nSPS) is 15.9. The molecule has 0 atom stereocenters. The van der Waals surface area contributed by atoms with Crippen LogP contribution in [0.1, 0.15) is 27.2 Å². The first-order valence-corrected chi connectivity index (χ1v) is 6.65. The van der Waals surface area contributed by atoms with Gasteiger partial charge in [0.1, 0.15) is 5.82 Å². The van der Waals surface area contributed by atoms with Gasteiger partial charge in [-0.15, -0.1) is 0 Å². The van der Waals surface area contributed by atoms with Gasteiger partial charge in [0.05, 0.1) is 0 Å². The molecule has 1 saturated heterocycles. The van der Waals surface area contributed by atoms with E-state index in [2.05, 4.69) is 0 Å². The van der Waals surface area contributed by atoms with Gasteiger partial charge in [-0.3, -0.25) is 14.6 Å². The highest BCUT2D eigenvalue weighted by Crippen LogP contribution is 2.24. The van der Waals surface area contributed by atoms with Crippen LogP contribution in [0.25, 0.3) is 0 Å². The van der Waals surface area contributed by atoms with Gasteiger partial charge in [-0.1, -0.05) is 20.8 Å². The molecule has 0 aromatic heterocycles. The maximum Gasteiger partial charge on any atom is 0.331 e. The average Bonchev–Trinajstić information content (AvgIpc) is 2.70. The second-order valence-electron chi connectivity index (χ2n) is 6.19. The molecule has 3 amide bonds. The summed E-state index contributed by atoms with van der Waals surface area (Å²) >= 11 is 0. The molecule has 5 heteroatoms. The van der Waals surface area contributed by atoms with E-state index in [1.165, 1.54) is 21.9 Å². The predicted octanol–water partition coefficient (Wildman–Crippen LogP) is 3.03. The van der Waals surface area contributed by atoms with Gasteiger partial charge >= 0.3 is 6.03 Å². The van der Waals surface area contributed by atoms with Gasteiger partial charge in [0, 0.05) is 25.2 Å². The molecule has 4 nitrogen and oxygen atoms in total. The van der Waals surface area contributed by atoms with E-state index < -0.39 is 0 Å². The van der Waals surface area contributed by atoms with E-state index in [0.29, 0.717) is 25.2 Å². The van der Waals surface area contributed by atoms with Crippen LogP contribution in [0.5, 0.6) is 0 Å². The number of hydrogen-bond donors (Lipinski definition) is 0. The van der Waals surface area contributed by atoms with Crippen LogP contribution in [0.2, 0.25) is 0 Å². The van der Waals surface area contributed by atoms with Gasteiger partial charge < -0.3 is 0 Å². The van der Waals surface area contributed by atoms with Gasteiger partial charge in [0.15, 0.2) is 0 Å². The number of imide groups is 1. The number of benzene rings is 1. The molecular formula is C15H19FN2O2. The molecule has 20 heavy (non-hydrogen) atoms. The van der Waals surface area contributed by atoms with Crippen LogP contribution in [0, 0.1) is 11.2 Å². The minimum absolute atomic E-state index is 0.152. The lowest BCUT2D eigenvalue weighted by molar-refractivity contribution is -0.129. The molecule has 108 valence electrons. The number of carbonyl (C=O) groups is 2. The van der Waals surface area contributed by atoms with Crippen molar-refractivity contribution in [1.29, 1.82) is 0 Å². The molecule has 1 aliphatic rings. The molecule has 0 aliphatic carbocycles. The molecule has 0 radical (unpaired) electrons. The van der Waals surface area contributed by atoms with Gasteiger partial charge in [-0.2, -0.15) is 0 Å². The van der Waals surface area contributed by atoms with Crippen molar-refractivity contribution in [2.24, 2.45) is 5.41 Å². The first-order valence-electron chi connectivity index (χ1n) is 6.65. The van der Waals surface area contributed by atoms with Crippen LogP contribution in [0.4, 0.5) is 14.9 Å².